The molecule has 0 atom stereocenters. The molecule has 0 bridgehead atoms. The van der Waals surface area contributed by atoms with E-state index in [1.165, 1.54) is 0 Å². The van der Waals surface area contributed by atoms with Crippen LogP contribution in [0.3, 0.4) is 0 Å². The Balaban J connectivity index is 2.99. The van der Waals surface area contributed by atoms with Crippen molar-refractivity contribution in [3.05, 3.63) is 0 Å². The monoisotopic (exact) mass is 118 g/mol. The maximum atomic E-state index is 4.80. The van der Waals surface area contributed by atoms with Gasteiger partial charge in [0.25, 0.3) is 0 Å². The number of rotatable bonds is 3. The molecule has 7 heavy (non-hydrogen) atoms. The summed E-state index contributed by atoms with van der Waals surface area (Å²) in [6, 6.07) is 0. The van der Waals surface area contributed by atoms with Crippen molar-refractivity contribution in [2.45, 2.75) is 13.8 Å². The molecular weight excluding hydrogens is 106 g/mol. The van der Waals surface area contributed by atoms with E-state index in [1.54, 1.807) is 0 Å². The van der Waals surface area contributed by atoms with Crippen molar-refractivity contribution in [1.29, 1.82) is 0 Å². The van der Waals surface area contributed by atoms with E-state index in [4.69, 9.17) is 12.6 Å². The minimum Gasteiger partial charge on any atom is -0.294 e. The highest BCUT2D eigenvalue weighted by atomic mass is 32.1. The first-order chi connectivity index (χ1) is 3.35. The van der Waals surface area contributed by atoms with Crippen molar-refractivity contribution < 1.29 is 0 Å². The van der Waals surface area contributed by atoms with Gasteiger partial charge in [0.1, 0.15) is 0 Å². The number of hydrogen-bond acceptors (Lipinski definition) is 1. The third-order valence-electron chi connectivity index (χ3n) is 1.08. The van der Waals surface area contributed by atoms with Crippen LogP contribution in [0.25, 0.3) is 0 Å². The van der Waals surface area contributed by atoms with Gasteiger partial charge in [0, 0.05) is 0 Å². The zero-order valence-corrected chi connectivity index (χ0v) is 5.79. The molecule has 43 valence electrons. The van der Waals surface area contributed by atoms with E-state index in [0.717, 1.165) is 19.0 Å². The van der Waals surface area contributed by atoms with Gasteiger partial charge < -0.3 is 0 Å². The summed E-state index contributed by atoms with van der Waals surface area (Å²) in [5, 5.41) is 0. The SMILES string of the molecule is CCN(CC)C[S]. The van der Waals surface area contributed by atoms with Crippen molar-refractivity contribution in [1.82, 2.24) is 4.90 Å². The van der Waals surface area contributed by atoms with Crippen molar-refractivity contribution in [2.75, 3.05) is 19.0 Å². The first-order valence-electron chi connectivity index (χ1n) is 2.65. The summed E-state index contributed by atoms with van der Waals surface area (Å²) >= 11 is 4.80. The van der Waals surface area contributed by atoms with Crippen LogP contribution < -0.4 is 0 Å². The van der Waals surface area contributed by atoms with E-state index in [1.807, 2.05) is 0 Å². The normalized spacial score (nSPS) is 10.3. The van der Waals surface area contributed by atoms with Gasteiger partial charge in [0.15, 0.2) is 0 Å². The second kappa shape index (κ2) is 4.47. The van der Waals surface area contributed by atoms with Crippen molar-refractivity contribution in [3.63, 3.8) is 0 Å². The van der Waals surface area contributed by atoms with E-state index in [0.29, 0.717) is 0 Å². The summed E-state index contributed by atoms with van der Waals surface area (Å²) in [7, 11) is 0. The minimum atomic E-state index is 0.771. The zero-order chi connectivity index (χ0) is 5.70. The third kappa shape index (κ3) is 2.94. The van der Waals surface area contributed by atoms with Gasteiger partial charge in [-0.3, -0.25) is 4.90 Å². The fourth-order valence-electron chi connectivity index (χ4n) is 0.406. The quantitative estimate of drug-likeness (QED) is 0.542. The van der Waals surface area contributed by atoms with Gasteiger partial charge in [-0.1, -0.05) is 26.5 Å². The molecule has 0 unspecified atom stereocenters. The lowest BCUT2D eigenvalue weighted by Crippen LogP contribution is -2.20. The topological polar surface area (TPSA) is 3.24 Å². The van der Waals surface area contributed by atoms with Crippen LogP contribution in [0.1, 0.15) is 13.8 Å². The molecule has 0 fully saturated rings. The molecule has 0 aliphatic heterocycles. The standard InChI is InChI=1S/C5H12NS/c1-3-6(4-2)5-7/h3-5H2,1-2H3. The van der Waals surface area contributed by atoms with E-state index in [-0.39, 0.29) is 0 Å². The Morgan fingerprint density at radius 3 is 1.71 bits per heavy atom. The van der Waals surface area contributed by atoms with Crippen LogP contribution in [0.4, 0.5) is 0 Å². The predicted octanol–water partition coefficient (Wildman–Crippen LogP) is 1.48. The average Bonchev–Trinajstić information content (AvgIpc) is 1.72. The molecular formula is C5H12NS. The molecule has 0 aliphatic carbocycles. The number of hydrogen-bond donors (Lipinski definition) is 0. The first kappa shape index (κ1) is 7.31. The molecule has 0 amide bonds. The molecule has 0 aromatic heterocycles. The minimum absolute atomic E-state index is 0.771. The Labute approximate surface area is 51.1 Å². The van der Waals surface area contributed by atoms with Gasteiger partial charge >= 0.3 is 0 Å². The van der Waals surface area contributed by atoms with E-state index in [9.17, 15) is 0 Å². The summed E-state index contributed by atoms with van der Waals surface area (Å²) in [4.78, 5) is 2.19. The van der Waals surface area contributed by atoms with E-state index in [2.05, 4.69) is 18.7 Å². The van der Waals surface area contributed by atoms with E-state index < -0.39 is 0 Å². The largest absolute Gasteiger partial charge is 0.294 e. The third-order valence-corrected chi connectivity index (χ3v) is 1.44. The lowest BCUT2D eigenvalue weighted by Gasteiger charge is -2.12. The zero-order valence-electron chi connectivity index (χ0n) is 4.98. The van der Waals surface area contributed by atoms with Crippen LogP contribution in [0.2, 0.25) is 0 Å². The summed E-state index contributed by atoms with van der Waals surface area (Å²) in [6.45, 7) is 6.41. The van der Waals surface area contributed by atoms with Gasteiger partial charge in [-0.15, -0.1) is 0 Å². The second-order valence-electron chi connectivity index (χ2n) is 1.43. The Hall–Kier alpha value is 0.310. The summed E-state index contributed by atoms with van der Waals surface area (Å²) in [5.41, 5.74) is 0. The highest BCUT2D eigenvalue weighted by molar-refractivity contribution is 7.80. The fraction of sp³-hybridized carbons (Fsp3) is 1.00. The molecule has 0 aliphatic rings. The molecule has 0 heterocycles. The predicted molar refractivity (Wildman–Crippen MR) is 35.4 cm³/mol. The van der Waals surface area contributed by atoms with Gasteiger partial charge in [-0.2, -0.15) is 0 Å². The summed E-state index contributed by atoms with van der Waals surface area (Å²) < 4.78 is 0. The van der Waals surface area contributed by atoms with Gasteiger partial charge in [0.05, 0.1) is 5.88 Å². The fourth-order valence-corrected chi connectivity index (χ4v) is 0.771. The Kier molecular flexibility index (Phi) is 4.67. The van der Waals surface area contributed by atoms with Crippen LogP contribution in [-0.4, -0.2) is 23.9 Å². The van der Waals surface area contributed by atoms with Gasteiger partial charge in [-0.05, 0) is 13.1 Å². The molecule has 1 nitrogen and oxygen atoms in total. The van der Waals surface area contributed by atoms with Crippen molar-refractivity contribution in [3.8, 4) is 0 Å². The van der Waals surface area contributed by atoms with Crippen LogP contribution in [0.15, 0.2) is 0 Å². The first-order valence-corrected chi connectivity index (χ1v) is 3.23. The molecule has 1 radical (unpaired) electrons. The Bertz CT molecular complexity index is 29.6. The molecule has 0 spiro atoms. The summed E-state index contributed by atoms with van der Waals surface area (Å²) in [5.74, 6) is 0.771. The Morgan fingerprint density at radius 2 is 1.71 bits per heavy atom. The lowest BCUT2D eigenvalue weighted by molar-refractivity contribution is 0.359. The molecule has 2 heteroatoms. The van der Waals surface area contributed by atoms with E-state index >= 15 is 0 Å². The lowest BCUT2D eigenvalue weighted by atomic mass is 10.6. The van der Waals surface area contributed by atoms with Gasteiger partial charge in [0.2, 0.25) is 0 Å². The molecule has 0 rings (SSSR count). The smallest absolute Gasteiger partial charge is 0.0548 e. The Morgan fingerprint density at radius 1 is 1.29 bits per heavy atom. The summed E-state index contributed by atoms with van der Waals surface area (Å²) in [6.07, 6.45) is 0. The molecule has 0 aromatic rings. The van der Waals surface area contributed by atoms with Crippen LogP contribution >= 0.6 is 12.6 Å². The van der Waals surface area contributed by atoms with Crippen molar-refractivity contribution >= 4 is 12.6 Å². The van der Waals surface area contributed by atoms with Crippen LogP contribution in [0, 0.1) is 0 Å². The molecule has 0 saturated heterocycles. The highest BCUT2D eigenvalue weighted by Crippen LogP contribution is 1.86. The highest BCUT2D eigenvalue weighted by Gasteiger charge is 1.90. The average molecular weight is 118 g/mol. The van der Waals surface area contributed by atoms with Crippen LogP contribution in [-0.2, 0) is 0 Å². The maximum absolute atomic E-state index is 4.80. The molecule has 0 aromatic carbocycles. The van der Waals surface area contributed by atoms with Gasteiger partial charge in [-0.25, -0.2) is 0 Å². The maximum Gasteiger partial charge on any atom is 0.0548 e. The van der Waals surface area contributed by atoms with Crippen molar-refractivity contribution in [2.24, 2.45) is 0 Å². The second-order valence-corrected chi connectivity index (χ2v) is 1.69. The molecule has 0 N–H and O–H groups in total. The number of nitrogens with zero attached hydrogens (tertiary/aromatic N) is 1. The molecule has 0 saturated carbocycles. The van der Waals surface area contributed by atoms with Crippen LogP contribution in [0.5, 0.6) is 0 Å².